The second kappa shape index (κ2) is 7.40. The Bertz CT molecular complexity index is 234. The number of rotatable bonds is 6. The fourth-order valence-corrected chi connectivity index (χ4v) is 2.71. The quantitative estimate of drug-likeness (QED) is 0.673. The van der Waals surface area contributed by atoms with Gasteiger partial charge in [-0.15, -0.1) is 0 Å². The highest BCUT2D eigenvalue weighted by Crippen LogP contribution is 2.18. The van der Waals surface area contributed by atoms with Crippen LogP contribution in [0.5, 0.6) is 0 Å². The largest absolute Gasteiger partial charge is 0.383 e. The van der Waals surface area contributed by atoms with Crippen molar-refractivity contribution in [2.24, 2.45) is 0 Å². The monoisotopic (exact) mass is 258 g/mol. The molecule has 0 spiro atoms. The molecule has 0 bridgehead atoms. The number of hydrogen-bond donors (Lipinski definition) is 0. The third-order valence-electron chi connectivity index (χ3n) is 3.87. The molecule has 0 aliphatic carbocycles. The third-order valence-corrected chi connectivity index (χ3v) is 3.87. The van der Waals surface area contributed by atoms with E-state index in [9.17, 15) is 0 Å². The minimum atomic E-state index is 0.371. The van der Waals surface area contributed by atoms with Gasteiger partial charge in [-0.1, -0.05) is 0 Å². The van der Waals surface area contributed by atoms with Gasteiger partial charge in [0.15, 0.2) is 0 Å². The van der Waals surface area contributed by atoms with Crippen LogP contribution < -0.4 is 0 Å². The first-order chi connectivity index (χ1) is 8.79. The summed E-state index contributed by atoms with van der Waals surface area (Å²) in [6.45, 7) is 7.50. The fraction of sp³-hybridized carbons (Fsp3) is 1.00. The van der Waals surface area contributed by atoms with Gasteiger partial charge >= 0.3 is 0 Å². The molecule has 2 heterocycles. The Morgan fingerprint density at radius 2 is 2.06 bits per heavy atom. The molecule has 2 rings (SSSR count). The smallest absolute Gasteiger partial charge is 0.0718 e. The molecule has 2 aliphatic rings. The predicted molar refractivity (Wildman–Crippen MR) is 69.9 cm³/mol. The molecule has 0 N–H and O–H groups in total. The zero-order valence-corrected chi connectivity index (χ0v) is 11.6. The van der Waals surface area contributed by atoms with Gasteiger partial charge in [0.1, 0.15) is 0 Å². The van der Waals surface area contributed by atoms with Gasteiger partial charge in [-0.3, -0.25) is 9.80 Å². The van der Waals surface area contributed by atoms with Gasteiger partial charge in [-0.2, -0.15) is 0 Å². The summed E-state index contributed by atoms with van der Waals surface area (Å²) < 4.78 is 16.5. The lowest BCUT2D eigenvalue weighted by Gasteiger charge is -2.26. The molecule has 5 nitrogen and oxygen atoms in total. The van der Waals surface area contributed by atoms with Crippen LogP contribution in [0.15, 0.2) is 0 Å². The molecule has 0 radical (unpaired) electrons. The van der Waals surface area contributed by atoms with E-state index in [1.54, 1.807) is 7.11 Å². The summed E-state index contributed by atoms with van der Waals surface area (Å²) in [6, 6.07) is 0.517. The number of morpholine rings is 1. The molecule has 0 aromatic carbocycles. The van der Waals surface area contributed by atoms with E-state index in [1.165, 1.54) is 0 Å². The Morgan fingerprint density at radius 3 is 2.78 bits per heavy atom. The van der Waals surface area contributed by atoms with Crippen LogP contribution in [0.4, 0.5) is 0 Å². The molecule has 0 amide bonds. The van der Waals surface area contributed by atoms with Crippen molar-refractivity contribution in [3.8, 4) is 0 Å². The lowest BCUT2D eigenvalue weighted by atomic mass is 10.2. The SMILES string of the molecule is COCC1CC(OCCN2CCOCC2)CN1C. The summed E-state index contributed by atoms with van der Waals surface area (Å²) >= 11 is 0. The van der Waals surface area contributed by atoms with Crippen LogP contribution in [0.3, 0.4) is 0 Å². The molecule has 106 valence electrons. The standard InChI is InChI=1S/C13H26N2O3/c1-14-10-13(9-12(14)11-16-2)18-8-5-15-3-6-17-7-4-15/h12-13H,3-11H2,1-2H3. The average Bonchev–Trinajstić information content (AvgIpc) is 2.72. The molecule has 5 heteroatoms. The van der Waals surface area contributed by atoms with Crippen molar-refractivity contribution in [2.45, 2.75) is 18.6 Å². The van der Waals surface area contributed by atoms with Crippen LogP contribution in [-0.2, 0) is 14.2 Å². The van der Waals surface area contributed by atoms with Gasteiger partial charge in [0.2, 0.25) is 0 Å². The zero-order chi connectivity index (χ0) is 12.8. The van der Waals surface area contributed by atoms with Gasteiger partial charge < -0.3 is 14.2 Å². The second-order valence-corrected chi connectivity index (χ2v) is 5.23. The normalized spacial score (nSPS) is 31.0. The molecule has 2 aliphatic heterocycles. The average molecular weight is 258 g/mol. The predicted octanol–water partition coefficient (Wildman–Crippen LogP) is 0.0543. The van der Waals surface area contributed by atoms with Gasteiger partial charge in [-0.25, -0.2) is 0 Å². The fourth-order valence-electron chi connectivity index (χ4n) is 2.71. The number of methoxy groups -OCH3 is 1. The molecular formula is C13H26N2O3. The first-order valence-electron chi connectivity index (χ1n) is 6.90. The number of likely N-dealkylation sites (tertiary alicyclic amines) is 1. The number of likely N-dealkylation sites (N-methyl/N-ethyl adjacent to an activating group) is 1. The molecular weight excluding hydrogens is 232 g/mol. The van der Waals surface area contributed by atoms with E-state index < -0.39 is 0 Å². The van der Waals surface area contributed by atoms with Crippen molar-refractivity contribution in [1.29, 1.82) is 0 Å². The second-order valence-electron chi connectivity index (χ2n) is 5.23. The summed E-state index contributed by atoms with van der Waals surface area (Å²) in [4.78, 5) is 4.75. The molecule has 18 heavy (non-hydrogen) atoms. The number of nitrogens with zero attached hydrogens (tertiary/aromatic N) is 2. The summed E-state index contributed by atoms with van der Waals surface area (Å²) in [7, 11) is 3.91. The van der Waals surface area contributed by atoms with E-state index in [1.807, 2.05) is 0 Å². The van der Waals surface area contributed by atoms with Crippen LogP contribution >= 0.6 is 0 Å². The van der Waals surface area contributed by atoms with Crippen LogP contribution in [0.1, 0.15) is 6.42 Å². The Balaban J connectivity index is 1.59. The van der Waals surface area contributed by atoms with Crippen LogP contribution in [-0.4, -0.2) is 88.7 Å². The van der Waals surface area contributed by atoms with Crippen LogP contribution in [0.2, 0.25) is 0 Å². The van der Waals surface area contributed by atoms with Crippen molar-refractivity contribution in [2.75, 3.05) is 66.8 Å². The lowest BCUT2D eigenvalue weighted by molar-refractivity contribution is 0.00439. The van der Waals surface area contributed by atoms with Crippen molar-refractivity contribution < 1.29 is 14.2 Å². The number of hydrogen-bond acceptors (Lipinski definition) is 5. The summed E-state index contributed by atoms with van der Waals surface area (Å²) in [5, 5.41) is 0. The van der Waals surface area contributed by atoms with Gasteiger partial charge in [0, 0.05) is 39.3 Å². The molecule has 2 unspecified atom stereocenters. The highest BCUT2D eigenvalue weighted by atomic mass is 16.5. The Hall–Kier alpha value is -0.200. The molecule has 0 saturated carbocycles. The lowest BCUT2D eigenvalue weighted by Crippen LogP contribution is -2.38. The van der Waals surface area contributed by atoms with E-state index in [2.05, 4.69) is 16.8 Å². The highest BCUT2D eigenvalue weighted by molar-refractivity contribution is 4.83. The Labute approximate surface area is 110 Å². The van der Waals surface area contributed by atoms with E-state index in [4.69, 9.17) is 14.2 Å². The van der Waals surface area contributed by atoms with E-state index in [0.29, 0.717) is 12.1 Å². The van der Waals surface area contributed by atoms with Crippen LogP contribution in [0.25, 0.3) is 0 Å². The Kier molecular flexibility index (Phi) is 5.85. The van der Waals surface area contributed by atoms with Crippen molar-refractivity contribution in [3.05, 3.63) is 0 Å². The summed E-state index contributed by atoms with van der Waals surface area (Å²) in [5.41, 5.74) is 0. The first kappa shape index (κ1) is 14.2. The van der Waals surface area contributed by atoms with E-state index in [0.717, 1.165) is 59.0 Å². The first-order valence-corrected chi connectivity index (χ1v) is 6.90. The molecule has 2 saturated heterocycles. The maximum absolute atomic E-state index is 5.97. The summed E-state index contributed by atoms with van der Waals surface area (Å²) in [5.74, 6) is 0. The highest BCUT2D eigenvalue weighted by Gasteiger charge is 2.29. The van der Waals surface area contributed by atoms with E-state index >= 15 is 0 Å². The van der Waals surface area contributed by atoms with Crippen molar-refractivity contribution in [3.63, 3.8) is 0 Å². The van der Waals surface area contributed by atoms with Crippen LogP contribution in [0, 0.1) is 0 Å². The molecule has 0 aromatic heterocycles. The topological polar surface area (TPSA) is 34.2 Å². The molecule has 2 atom stereocenters. The molecule has 0 aromatic rings. The van der Waals surface area contributed by atoms with E-state index in [-0.39, 0.29) is 0 Å². The van der Waals surface area contributed by atoms with Gasteiger partial charge in [0.25, 0.3) is 0 Å². The Morgan fingerprint density at radius 1 is 1.28 bits per heavy atom. The molecule has 2 fully saturated rings. The summed E-state index contributed by atoms with van der Waals surface area (Å²) in [6.07, 6.45) is 1.46. The third kappa shape index (κ3) is 4.17. The minimum Gasteiger partial charge on any atom is -0.383 e. The van der Waals surface area contributed by atoms with Crippen molar-refractivity contribution >= 4 is 0 Å². The zero-order valence-electron chi connectivity index (χ0n) is 11.6. The van der Waals surface area contributed by atoms with Crippen molar-refractivity contribution in [1.82, 2.24) is 9.80 Å². The maximum Gasteiger partial charge on any atom is 0.0718 e. The van der Waals surface area contributed by atoms with Gasteiger partial charge in [-0.05, 0) is 13.5 Å². The maximum atomic E-state index is 5.97. The number of ether oxygens (including phenoxy) is 3. The van der Waals surface area contributed by atoms with Gasteiger partial charge in [0.05, 0.1) is 32.5 Å². The minimum absolute atomic E-state index is 0.371.